The summed E-state index contributed by atoms with van der Waals surface area (Å²) in [5, 5.41) is 3.83. The fourth-order valence-electron chi connectivity index (χ4n) is 2.08. The molecule has 0 unspecified atom stereocenters. The first kappa shape index (κ1) is 14.3. The van der Waals surface area contributed by atoms with Crippen molar-refractivity contribution in [3.63, 3.8) is 0 Å². The zero-order valence-electron chi connectivity index (χ0n) is 11.7. The standard InChI is InChI=1S/C15H13N3O3S/c1-22(20,21)18-11-13(9-16-18)12-7-8-15(19)17(10-12)14-5-3-2-4-6-14/h2-11H,1H3. The van der Waals surface area contributed by atoms with Gasteiger partial charge in [0.2, 0.25) is 0 Å². The van der Waals surface area contributed by atoms with E-state index in [1.54, 1.807) is 12.3 Å². The maximum Gasteiger partial charge on any atom is 0.255 e. The molecule has 0 aliphatic carbocycles. The lowest BCUT2D eigenvalue weighted by molar-refractivity contribution is 0.586. The minimum absolute atomic E-state index is 0.162. The highest BCUT2D eigenvalue weighted by Gasteiger charge is 2.10. The molecule has 0 aliphatic heterocycles. The Kier molecular flexibility index (Phi) is 3.42. The molecule has 0 atom stereocenters. The topological polar surface area (TPSA) is 74.0 Å². The summed E-state index contributed by atoms with van der Waals surface area (Å²) in [7, 11) is -3.42. The first-order chi connectivity index (χ1) is 10.4. The molecule has 0 N–H and O–H groups in total. The highest BCUT2D eigenvalue weighted by Crippen LogP contribution is 2.18. The van der Waals surface area contributed by atoms with Gasteiger partial charge < -0.3 is 0 Å². The third-order valence-corrected chi connectivity index (χ3v) is 4.06. The second-order valence-corrected chi connectivity index (χ2v) is 6.67. The van der Waals surface area contributed by atoms with E-state index >= 15 is 0 Å². The van der Waals surface area contributed by atoms with Crippen LogP contribution in [-0.4, -0.2) is 28.4 Å². The Morgan fingerprint density at radius 1 is 0.955 bits per heavy atom. The Bertz CT molecular complexity index is 973. The average Bonchev–Trinajstić information content (AvgIpc) is 2.99. The molecular formula is C15H13N3O3S. The Morgan fingerprint density at radius 3 is 2.32 bits per heavy atom. The van der Waals surface area contributed by atoms with Gasteiger partial charge in [-0.05, 0) is 18.2 Å². The fraction of sp³-hybridized carbons (Fsp3) is 0.0667. The number of pyridine rings is 1. The van der Waals surface area contributed by atoms with E-state index < -0.39 is 10.0 Å². The van der Waals surface area contributed by atoms with Gasteiger partial charge in [0, 0.05) is 29.1 Å². The van der Waals surface area contributed by atoms with Gasteiger partial charge in [-0.15, -0.1) is 0 Å². The van der Waals surface area contributed by atoms with Crippen LogP contribution in [0.3, 0.4) is 0 Å². The monoisotopic (exact) mass is 315 g/mol. The van der Waals surface area contributed by atoms with Crippen LogP contribution in [-0.2, 0) is 10.0 Å². The Labute approximate surface area is 127 Å². The number of benzene rings is 1. The zero-order chi connectivity index (χ0) is 15.7. The lowest BCUT2D eigenvalue weighted by Gasteiger charge is -2.07. The van der Waals surface area contributed by atoms with Crippen LogP contribution in [0, 0.1) is 0 Å². The third kappa shape index (κ3) is 2.71. The predicted molar refractivity (Wildman–Crippen MR) is 83.5 cm³/mol. The summed E-state index contributed by atoms with van der Waals surface area (Å²) in [6.45, 7) is 0. The first-order valence-electron chi connectivity index (χ1n) is 6.49. The van der Waals surface area contributed by atoms with E-state index in [0.717, 1.165) is 16.0 Å². The van der Waals surface area contributed by atoms with Crippen molar-refractivity contribution in [1.82, 2.24) is 13.8 Å². The molecular weight excluding hydrogens is 302 g/mol. The molecule has 0 aliphatic rings. The molecule has 1 aromatic carbocycles. The van der Waals surface area contributed by atoms with Crippen LogP contribution in [0.15, 0.2) is 65.8 Å². The maximum absolute atomic E-state index is 12.0. The quantitative estimate of drug-likeness (QED) is 0.734. The van der Waals surface area contributed by atoms with Crippen molar-refractivity contribution in [3.05, 3.63) is 71.4 Å². The van der Waals surface area contributed by atoms with E-state index in [4.69, 9.17) is 0 Å². The van der Waals surface area contributed by atoms with Crippen LogP contribution < -0.4 is 5.56 Å². The van der Waals surface area contributed by atoms with Crippen LogP contribution in [0.2, 0.25) is 0 Å². The SMILES string of the molecule is CS(=O)(=O)n1cc(-c2ccc(=O)n(-c3ccccc3)c2)cn1. The third-order valence-electron chi connectivity index (χ3n) is 3.18. The molecule has 2 aromatic heterocycles. The van der Waals surface area contributed by atoms with E-state index in [0.29, 0.717) is 11.1 Å². The fourth-order valence-corrected chi connectivity index (χ4v) is 2.61. The van der Waals surface area contributed by atoms with Crippen LogP contribution in [0.4, 0.5) is 0 Å². The minimum atomic E-state index is -3.42. The molecule has 22 heavy (non-hydrogen) atoms. The molecule has 112 valence electrons. The lowest BCUT2D eigenvalue weighted by atomic mass is 10.1. The number of aromatic nitrogens is 3. The van der Waals surface area contributed by atoms with Crippen LogP contribution in [0.25, 0.3) is 16.8 Å². The summed E-state index contributed by atoms with van der Waals surface area (Å²) in [6.07, 6.45) is 5.62. The van der Waals surface area contributed by atoms with Crippen molar-refractivity contribution in [1.29, 1.82) is 0 Å². The highest BCUT2D eigenvalue weighted by atomic mass is 32.2. The second kappa shape index (κ2) is 5.27. The van der Waals surface area contributed by atoms with Crippen molar-refractivity contribution in [2.45, 2.75) is 0 Å². The van der Waals surface area contributed by atoms with Crippen molar-refractivity contribution in [2.75, 3.05) is 6.26 Å². The van der Waals surface area contributed by atoms with Crippen LogP contribution in [0.5, 0.6) is 0 Å². The molecule has 0 radical (unpaired) electrons. The summed E-state index contributed by atoms with van der Waals surface area (Å²) in [5.41, 5.74) is 1.91. The zero-order valence-corrected chi connectivity index (χ0v) is 12.6. The van der Waals surface area contributed by atoms with Crippen molar-refractivity contribution in [2.24, 2.45) is 0 Å². The number of hydrogen-bond donors (Lipinski definition) is 0. The van der Waals surface area contributed by atoms with Crippen LogP contribution >= 0.6 is 0 Å². The normalized spacial score (nSPS) is 11.5. The lowest BCUT2D eigenvalue weighted by Crippen LogP contribution is -2.16. The molecule has 0 saturated carbocycles. The molecule has 3 aromatic rings. The van der Waals surface area contributed by atoms with Gasteiger partial charge in [-0.1, -0.05) is 18.2 Å². The summed E-state index contributed by atoms with van der Waals surface area (Å²) >= 11 is 0. The van der Waals surface area contributed by atoms with Gasteiger partial charge in [-0.25, -0.2) is 8.42 Å². The van der Waals surface area contributed by atoms with Gasteiger partial charge in [0.25, 0.3) is 15.6 Å². The van der Waals surface area contributed by atoms with Crippen molar-refractivity contribution >= 4 is 10.0 Å². The molecule has 0 amide bonds. The smallest absolute Gasteiger partial charge is 0.255 e. The highest BCUT2D eigenvalue weighted by molar-refractivity contribution is 7.89. The first-order valence-corrected chi connectivity index (χ1v) is 8.34. The predicted octanol–water partition coefficient (Wildman–Crippen LogP) is 1.51. The van der Waals surface area contributed by atoms with Gasteiger partial charge in [0.15, 0.2) is 0 Å². The summed E-state index contributed by atoms with van der Waals surface area (Å²) in [5.74, 6) is 0. The summed E-state index contributed by atoms with van der Waals surface area (Å²) in [6, 6.07) is 12.3. The maximum atomic E-state index is 12.0. The average molecular weight is 315 g/mol. The summed E-state index contributed by atoms with van der Waals surface area (Å²) in [4.78, 5) is 12.0. The van der Waals surface area contributed by atoms with Crippen molar-refractivity contribution < 1.29 is 8.42 Å². The van der Waals surface area contributed by atoms with Crippen molar-refractivity contribution in [3.8, 4) is 16.8 Å². The summed E-state index contributed by atoms with van der Waals surface area (Å²) < 4.78 is 25.3. The minimum Gasteiger partial charge on any atom is -0.284 e. The number of rotatable bonds is 3. The second-order valence-electron chi connectivity index (χ2n) is 4.83. The van der Waals surface area contributed by atoms with Gasteiger partial charge in [-0.3, -0.25) is 9.36 Å². The number of para-hydroxylation sites is 1. The molecule has 0 bridgehead atoms. The molecule has 0 spiro atoms. The molecule has 6 nitrogen and oxygen atoms in total. The van der Waals surface area contributed by atoms with Gasteiger partial charge in [0.1, 0.15) is 0 Å². The van der Waals surface area contributed by atoms with E-state index in [1.165, 1.54) is 23.0 Å². The molecule has 0 saturated heterocycles. The molecule has 2 heterocycles. The molecule has 7 heteroatoms. The molecule has 3 rings (SSSR count). The number of nitrogens with zero attached hydrogens (tertiary/aromatic N) is 3. The van der Waals surface area contributed by atoms with E-state index in [2.05, 4.69) is 5.10 Å². The Morgan fingerprint density at radius 2 is 1.68 bits per heavy atom. The van der Waals surface area contributed by atoms with Gasteiger partial charge >= 0.3 is 0 Å². The van der Waals surface area contributed by atoms with E-state index in [-0.39, 0.29) is 5.56 Å². The largest absolute Gasteiger partial charge is 0.284 e. The van der Waals surface area contributed by atoms with Crippen LogP contribution in [0.1, 0.15) is 0 Å². The Balaban J connectivity index is 2.10. The number of hydrogen-bond acceptors (Lipinski definition) is 4. The van der Waals surface area contributed by atoms with Gasteiger partial charge in [0.05, 0.1) is 18.6 Å². The Hall–Kier alpha value is -2.67. The van der Waals surface area contributed by atoms with E-state index in [1.807, 2.05) is 30.3 Å². The van der Waals surface area contributed by atoms with Gasteiger partial charge in [-0.2, -0.15) is 9.19 Å². The molecule has 0 fully saturated rings. The van der Waals surface area contributed by atoms with E-state index in [9.17, 15) is 13.2 Å².